The fraction of sp³-hybridized carbons (Fsp3) is 0.222. The van der Waals surface area contributed by atoms with Gasteiger partial charge in [0.05, 0.1) is 18.8 Å². The monoisotopic (exact) mass is 503 g/mol. The van der Waals surface area contributed by atoms with Crippen molar-refractivity contribution >= 4 is 40.1 Å². The van der Waals surface area contributed by atoms with Gasteiger partial charge in [-0.25, -0.2) is 4.90 Å². The van der Waals surface area contributed by atoms with Gasteiger partial charge in [-0.15, -0.1) is 0 Å². The molecule has 36 heavy (non-hydrogen) atoms. The molecule has 5 rings (SSSR count). The summed E-state index contributed by atoms with van der Waals surface area (Å²) >= 11 is 1.26. The molecular weight excluding hydrogens is 478 g/mol. The Hall–Kier alpha value is -3.98. The highest BCUT2D eigenvalue weighted by atomic mass is 32.2. The Labute approximate surface area is 213 Å². The van der Waals surface area contributed by atoms with Crippen molar-refractivity contribution in [3.63, 3.8) is 0 Å². The summed E-state index contributed by atoms with van der Waals surface area (Å²) in [6.07, 6.45) is 0.104. The first kappa shape index (κ1) is 23.7. The van der Waals surface area contributed by atoms with Crippen LogP contribution in [0.4, 0.5) is 11.4 Å². The predicted molar refractivity (Wildman–Crippen MR) is 140 cm³/mol. The Morgan fingerprint density at radius 3 is 2.61 bits per heavy atom. The van der Waals surface area contributed by atoms with E-state index < -0.39 is 5.25 Å². The standard InChI is InChI=1S/C27H25N3O5S/c1-2-33-21-11-9-19(10-12-21)29-27(28-16-18-8-13-22-23(14-18)35-17-34-22)36-24-15-25(31)30(26(24)32)20-6-4-3-5-7-20/h3-14,24H,2,15-17H2,1H3,(H,28,29)/t24-/m1/s1. The number of nitrogens with one attached hydrogen (secondary N) is 1. The van der Waals surface area contributed by atoms with Crippen molar-refractivity contribution in [2.24, 2.45) is 4.99 Å². The summed E-state index contributed by atoms with van der Waals surface area (Å²) in [5.41, 5.74) is 2.31. The van der Waals surface area contributed by atoms with Crippen molar-refractivity contribution in [3.8, 4) is 17.2 Å². The van der Waals surface area contributed by atoms with Gasteiger partial charge in [-0.2, -0.15) is 0 Å². The maximum Gasteiger partial charge on any atom is 0.247 e. The lowest BCUT2D eigenvalue weighted by molar-refractivity contribution is -0.121. The molecule has 0 saturated carbocycles. The Morgan fingerprint density at radius 1 is 1.06 bits per heavy atom. The van der Waals surface area contributed by atoms with Crippen molar-refractivity contribution in [3.05, 3.63) is 78.4 Å². The lowest BCUT2D eigenvalue weighted by Crippen LogP contribution is -2.31. The Kier molecular flexibility index (Phi) is 7.08. The fourth-order valence-corrected chi connectivity index (χ4v) is 4.93. The van der Waals surface area contributed by atoms with E-state index in [2.05, 4.69) is 5.32 Å². The van der Waals surface area contributed by atoms with E-state index in [0.29, 0.717) is 35.5 Å². The van der Waals surface area contributed by atoms with E-state index in [9.17, 15) is 9.59 Å². The summed E-state index contributed by atoms with van der Waals surface area (Å²) in [4.78, 5) is 31.9. The average molecular weight is 504 g/mol. The summed E-state index contributed by atoms with van der Waals surface area (Å²) in [5, 5.41) is 3.27. The van der Waals surface area contributed by atoms with E-state index in [4.69, 9.17) is 19.2 Å². The number of amidine groups is 1. The van der Waals surface area contributed by atoms with Gasteiger partial charge in [-0.1, -0.05) is 36.0 Å². The molecule has 0 unspecified atom stereocenters. The molecule has 2 aliphatic heterocycles. The summed E-state index contributed by atoms with van der Waals surface area (Å²) < 4.78 is 16.4. The molecule has 0 spiro atoms. The van der Waals surface area contributed by atoms with Crippen molar-refractivity contribution in [2.75, 3.05) is 23.6 Å². The highest BCUT2D eigenvalue weighted by Gasteiger charge is 2.40. The van der Waals surface area contributed by atoms with Crippen molar-refractivity contribution in [2.45, 2.75) is 25.1 Å². The lowest BCUT2D eigenvalue weighted by atomic mass is 10.2. The largest absolute Gasteiger partial charge is 0.494 e. The predicted octanol–water partition coefficient (Wildman–Crippen LogP) is 4.85. The minimum Gasteiger partial charge on any atom is -0.494 e. The van der Waals surface area contributed by atoms with E-state index >= 15 is 0 Å². The molecule has 0 aromatic heterocycles. The van der Waals surface area contributed by atoms with Crippen LogP contribution in [0.2, 0.25) is 0 Å². The number of amides is 2. The van der Waals surface area contributed by atoms with E-state index in [1.54, 1.807) is 12.1 Å². The molecule has 1 atom stereocenters. The van der Waals surface area contributed by atoms with Gasteiger partial charge in [-0.05, 0) is 61.0 Å². The van der Waals surface area contributed by atoms with Gasteiger partial charge in [0.2, 0.25) is 18.6 Å². The molecule has 3 aromatic carbocycles. The van der Waals surface area contributed by atoms with E-state index in [1.165, 1.54) is 16.7 Å². The Bertz CT molecular complexity index is 1280. The number of ether oxygens (including phenoxy) is 3. The van der Waals surface area contributed by atoms with Crippen LogP contribution in [0.1, 0.15) is 18.9 Å². The molecule has 1 saturated heterocycles. The number of imide groups is 1. The fourth-order valence-electron chi connectivity index (χ4n) is 3.91. The van der Waals surface area contributed by atoms with Gasteiger partial charge in [0.25, 0.3) is 0 Å². The number of carbonyl (C=O) groups is 2. The molecule has 1 fully saturated rings. The number of hydrogen-bond donors (Lipinski definition) is 1. The van der Waals surface area contributed by atoms with Gasteiger partial charge >= 0.3 is 0 Å². The molecule has 8 nitrogen and oxygen atoms in total. The highest BCUT2D eigenvalue weighted by Crippen LogP contribution is 2.34. The second-order valence-electron chi connectivity index (χ2n) is 8.10. The van der Waals surface area contributed by atoms with Gasteiger partial charge in [0.15, 0.2) is 16.7 Å². The number of anilines is 2. The smallest absolute Gasteiger partial charge is 0.247 e. The Balaban J connectivity index is 1.36. The SMILES string of the molecule is CCOc1ccc(NC(=NCc2ccc3c(c2)OCO3)S[C@@H]2CC(=O)N(c3ccccc3)C2=O)cc1. The normalized spacial score (nSPS) is 17.0. The third-order valence-corrected chi connectivity index (χ3v) is 6.74. The number of rotatable bonds is 7. The number of hydrogen-bond acceptors (Lipinski definition) is 7. The van der Waals surface area contributed by atoms with Crippen LogP contribution < -0.4 is 24.4 Å². The summed E-state index contributed by atoms with van der Waals surface area (Å²) in [6, 6.07) is 22.2. The molecule has 184 valence electrons. The first-order valence-electron chi connectivity index (χ1n) is 11.6. The number of thioether (sulfide) groups is 1. The van der Waals surface area contributed by atoms with Crippen LogP contribution in [0.3, 0.4) is 0 Å². The van der Waals surface area contributed by atoms with Crippen LogP contribution in [-0.2, 0) is 16.1 Å². The van der Waals surface area contributed by atoms with Crippen LogP contribution in [-0.4, -0.2) is 35.6 Å². The Morgan fingerprint density at radius 2 is 1.83 bits per heavy atom. The molecule has 1 N–H and O–H groups in total. The number of para-hydroxylation sites is 1. The minimum absolute atomic E-state index is 0.104. The van der Waals surface area contributed by atoms with Gasteiger partial charge in [0, 0.05) is 12.1 Å². The number of benzene rings is 3. The van der Waals surface area contributed by atoms with Gasteiger partial charge < -0.3 is 19.5 Å². The number of aliphatic imine (C=N–C) groups is 1. The average Bonchev–Trinajstić information content (AvgIpc) is 3.47. The number of nitrogens with zero attached hydrogens (tertiary/aromatic N) is 2. The van der Waals surface area contributed by atoms with E-state index in [0.717, 1.165) is 17.0 Å². The zero-order chi connectivity index (χ0) is 24.9. The zero-order valence-electron chi connectivity index (χ0n) is 19.7. The topological polar surface area (TPSA) is 89.5 Å². The minimum atomic E-state index is -0.580. The molecule has 2 amide bonds. The van der Waals surface area contributed by atoms with Gasteiger partial charge in [0.1, 0.15) is 11.0 Å². The molecule has 3 aromatic rings. The second kappa shape index (κ2) is 10.7. The number of fused-ring (bicyclic) bond motifs is 1. The van der Waals surface area contributed by atoms with E-state index in [1.807, 2.05) is 67.6 Å². The van der Waals surface area contributed by atoms with Crippen molar-refractivity contribution in [1.82, 2.24) is 0 Å². The second-order valence-corrected chi connectivity index (χ2v) is 9.30. The van der Waals surface area contributed by atoms with Crippen LogP contribution >= 0.6 is 11.8 Å². The van der Waals surface area contributed by atoms with Crippen molar-refractivity contribution in [1.29, 1.82) is 0 Å². The van der Waals surface area contributed by atoms with Crippen molar-refractivity contribution < 1.29 is 23.8 Å². The molecule has 9 heteroatoms. The van der Waals surface area contributed by atoms with Crippen LogP contribution in [0, 0.1) is 0 Å². The molecule has 0 radical (unpaired) electrons. The zero-order valence-corrected chi connectivity index (χ0v) is 20.5. The molecule has 0 aliphatic carbocycles. The highest BCUT2D eigenvalue weighted by molar-refractivity contribution is 8.15. The number of carbonyl (C=O) groups excluding carboxylic acids is 2. The van der Waals surface area contributed by atoms with E-state index in [-0.39, 0.29) is 25.0 Å². The summed E-state index contributed by atoms with van der Waals surface area (Å²) in [6.45, 7) is 3.08. The third kappa shape index (κ3) is 5.31. The maximum atomic E-state index is 13.2. The summed E-state index contributed by atoms with van der Waals surface area (Å²) in [7, 11) is 0. The molecular formula is C27H25N3O5S. The van der Waals surface area contributed by atoms with Crippen LogP contribution in [0.15, 0.2) is 77.8 Å². The maximum absolute atomic E-state index is 13.2. The molecule has 2 heterocycles. The van der Waals surface area contributed by atoms with Gasteiger partial charge in [-0.3, -0.25) is 14.6 Å². The molecule has 0 bridgehead atoms. The van der Waals surface area contributed by atoms with Crippen LogP contribution in [0.5, 0.6) is 17.2 Å². The van der Waals surface area contributed by atoms with Crippen LogP contribution in [0.25, 0.3) is 0 Å². The summed E-state index contributed by atoms with van der Waals surface area (Å²) in [5.74, 6) is 1.69. The first-order valence-corrected chi connectivity index (χ1v) is 12.5. The third-order valence-electron chi connectivity index (χ3n) is 5.63. The lowest BCUT2D eigenvalue weighted by Gasteiger charge is -2.16. The quantitative estimate of drug-likeness (QED) is 0.280. The first-order chi connectivity index (χ1) is 17.6. The molecule has 2 aliphatic rings.